The lowest BCUT2D eigenvalue weighted by Gasteiger charge is -2.27. The van der Waals surface area contributed by atoms with Crippen molar-refractivity contribution in [3.63, 3.8) is 0 Å². The fourth-order valence-electron chi connectivity index (χ4n) is 2.28. The van der Waals surface area contributed by atoms with E-state index in [0.29, 0.717) is 11.8 Å². The summed E-state index contributed by atoms with van der Waals surface area (Å²) in [7, 11) is 0. The third-order valence-electron chi connectivity index (χ3n) is 3.24. The Balaban J connectivity index is 2.30. The molecule has 1 aliphatic heterocycles. The number of ether oxygens (including phenoxy) is 1. The Kier molecular flexibility index (Phi) is 4.46. The third-order valence-corrected chi connectivity index (χ3v) is 4.15. The van der Waals surface area contributed by atoms with Crippen molar-refractivity contribution >= 4 is 17.7 Å². The van der Waals surface area contributed by atoms with Gasteiger partial charge in [0.25, 0.3) is 0 Å². The minimum Gasteiger partial charge on any atom is -0.481 e. The Morgan fingerprint density at radius 1 is 1.58 bits per heavy atom. The lowest BCUT2D eigenvalue weighted by Crippen LogP contribution is -2.32. The van der Waals surface area contributed by atoms with E-state index in [-0.39, 0.29) is 11.3 Å². The molecule has 0 amide bonds. The Bertz CT molecular complexity index is 455. The zero-order valence-corrected chi connectivity index (χ0v) is 12.1. The zero-order chi connectivity index (χ0) is 13.9. The maximum atomic E-state index is 10.7. The highest BCUT2D eigenvalue weighted by Gasteiger charge is 2.36. The molecule has 0 spiro atoms. The highest BCUT2D eigenvalue weighted by atomic mass is 32.2. The number of aliphatic carboxylic acids is 1. The molecule has 1 fully saturated rings. The lowest BCUT2D eigenvalue weighted by molar-refractivity contribution is -0.133. The standard InChI is InChI=1S/C12H19N3O3S/c1-3-4-9-13-14-11(19-7-10(16)17)15(9)12(2)5-6-18-8-12/h3-8H2,1-2H3,(H,16,17). The van der Waals surface area contributed by atoms with E-state index in [0.717, 1.165) is 31.7 Å². The SMILES string of the molecule is CCCc1nnc(SCC(=O)O)n1C1(C)CCOC1. The fourth-order valence-corrected chi connectivity index (χ4v) is 3.09. The summed E-state index contributed by atoms with van der Waals surface area (Å²) in [6.45, 7) is 5.57. The van der Waals surface area contributed by atoms with E-state index in [4.69, 9.17) is 9.84 Å². The second-order valence-corrected chi connectivity index (χ2v) is 5.91. The Morgan fingerprint density at radius 3 is 2.95 bits per heavy atom. The number of carbonyl (C=O) groups is 1. The smallest absolute Gasteiger partial charge is 0.313 e. The molecule has 106 valence electrons. The van der Waals surface area contributed by atoms with Gasteiger partial charge in [-0.25, -0.2) is 0 Å². The van der Waals surface area contributed by atoms with Gasteiger partial charge in [-0.3, -0.25) is 9.36 Å². The first-order valence-corrected chi connectivity index (χ1v) is 7.42. The van der Waals surface area contributed by atoms with Crippen LogP contribution in [0, 0.1) is 0 Å². The highest BCUT2D eigenvalue weighted by molar-refractivity contribution is 7.99. The van der Waals surface area contributed by atoms with Crippen molar-refractivity contribution in [1.29, 1.82) is 0 Å². The van der Waals surface area contributed by atoms with Crippen molar-refractivity contribution in [3.05, 3.63) is 5.82 Å². The molecular formula is C12H19N3O3S. The molecule has 7 heteroatoms. The van der Waals surface area contributed by atoms with Crippen LogP contribution in [-0.4, -0.2) is 44.8 Å². The molecule has 0 aliphatic carbocycles. The molecule has 6 nitrogen and oxygen atoms in total. The van der Waals surface area contributed by atoms with E-state index in [2.05, 4.69) is 28.6 Å². The zero-order valence-electron chi connectivity index (χ0n) is 11.3. The summed E-state index contributed by atoms with van der Waals surface area (Å²) in [4.78, 5) is 10.7. The number of carboxylic acid groups (broad SMARTS) is 1. The molecular weight excluding hydrogens is 266 g/mol. The number of carboxylic acids is 1. The summed E-state index contributed by atoms with van der Waals surface area (Å²) in [6.07, 6.45) is 2.73. The number of nitrogens with zero attached hydrogens (tertiary/aromatic N) is 3. The van der Waals surface area contributed by atoms with Crippen LogP contribution in [0.1, 0.15) is 32.5 Å². The largest absolute Gasteiger partial charge is 0.481 e. The minimum absolute atomic E-state index is 0.00119. The minimum atomic E-state index is -0.843. The maximum Gasteiger partial charge on any atom is 0.313 e. The number of thioether (sulfide) groups is 1. The van der Waals surface area contributed by atoms with Crippen LogP contribution in [0.15, 0.2) is 5.16 Å². The molecule has 1 aromatic rings. The number of aryl methyl sites for hydroxylation is 1. The van der Waals surface area contributed by atoms with Crippen LogP contribution in [0.5, 0.6) is 0 Å². The van der Waals surface area contributed by atoms with E-state index in [1.807, 2.05) is 0 Å². The predicted molar refractivity (Wildman–Crippen MR) is 71.5 cm³/mol. The highest BCUT2D eigenvalue weighted by Crippen LogP contribution is 2.32. The van der Waals surface area contributed by atoms with Crippen LogP contribution >= 0.6 is 11.8 Å². The van der Waals surface area contributed by atoms with Gasteiger partial charge in [0.05, 0.1) is 17.9 Å². The maximum absolute atomic E-state index is 10.7. The first-order valence-electron chi connectivity index (χ1n) is 6.44. The Labute approximate surface area is 116 Å². The van der Waals surface area contributed by atoms with Crippen LogP contribution in [0.3, 0.4) is 0 Å². The topological polar surface area (TPSA) is 77.2 Å². The van der Waals surface area contributed by atoms with Crippen molar-refractivity contribution in [2.75, 3.05) is 19.0 Å². The Hall–Kier alpha value is -1.08. The van der Waals surface area contributed by atoms with Gasteiger partial charge in [0.2, 0.25) is 0 Å². The van der Waals surface area contributed by atoms with Gasteiger partial charge in [0.15, 0.2) is 5.16 Å². The van der Waals surface area contributed by atoms with E-state index >= 15 is 0 Å². The summed E-state index contributed by atoms with van der Waals surface area (Å²) in [6, 6.07) is 0. The summed E-state index contributed by atoms with van der Waals surface area (Å²) in [5.74, 6) is 0.0779. The van der Waals surface area contributed by atoms with E-state index in [1.54, 1.807) is 0 Å². The molecule has 0 aromatic carbocycles. The van der Waals surface area contributed by atoms with E-state index in [9.17, 15) is 4.79 Å². The van der Waals surface area contributed by atoms with Crippen LogP contribution in [0.2, 0.25) is 0 Å². The predicted octanol–water partition coefficient (Wildman–Crippen LogP) is 1.54. The fraction of sp³-hybridized carbons (Fsp3) is 0.750. The van der Waals surface area contributed by atoms with Crippen LogP contribution in [0.25, 0.3) is 0 Å². The van der Waals surface area contributed by atoms with Gasteiger partial charge in [-0.15, -0.1) is 10.2 Å². The van der Waals surface area contributed by atoms with Gasteiger partial charge in [-0.2, -0.15) is 0 Å². The monoisotopic (exact) mass is 285 g/mol. The van der Waals surface area contributed by atoms with Crippen molar-refractivity contribution < 1.29 is 14.6 Å². The van der Waals surface area contributed by atoms with Gasteiger partial charge in [-0.1, -0.05) is 18.7 Å². The average molecular weight is 285 g/mol. The second kappa shape index (κ2) is 5.92. The van der Waals surface area contributed by atoms with Crippen molar-refractivity contribution in [1.82, 2.24) is 14.8 Å². The molecule has 0 bridgehead atoms. The second-order valence-electron chi connectivity index (χ2n) is 4.97. The quantitative estimate of drug-likeness (QED) is 0.799. The Morgan fingerprint density at radius 2 is 2.37 bits per heavy atom. The summed E-state index contributed by atoms with van der Waals surface area (Å²) >= 11 is 1.22. The van der Waals surface area contributed by atoms with Crippen molar-refractivity contribution in [2.45, 2.75) is 43.8 Å². The van der Waals surface area contributed by atoms with Crippen LogP contribution < -0.4 is 0 Å². The molecule has 0 radical (unpaired) electrons. The van der Waals surface area contributed by atoms with Crippen LogP contribution in [-0.2, 0) is 21.5 Å². The molecule has 1 aliphatic rings. The number of hydrogen-bond acceptors (Lipinski definition) is 5. The molecule has 1 saturated heterocycles. The van der Waals surface area contributed by atoms with Crippen LogP contribution in [0.4, 0.5) is 0 Å². The first kappa shape index (κ1) is 14.3. The average Bonchev–Trinajstić information content (AvgIpc) is 2.95. The van der Waals surface area contributed by atoms with E-state index in [1.165, 1.54) is 11.8 Å². The number of hydrogen-bond donors (Lipinski definition) is 1. The molecule has 1 unspecified atom stereocenters. The molecule has 1 N–H and O–H groups in total. The first-order chi connectivity index (χ1) is 9.07. The van der Waals surface area contributed by atoms with Gasteiger partial charge < -0.3 is 9.84 Å². The molecule has 0 saturated carbocycles. The van der Waals surface area contributed by atoms with Crippen molar-refractivity contribution in [3.8, 4) is 0 Å². The lowest BCUT2D eigenvalue weighted by atomic mass is 10.0. The van der Waals surface area contributed by atoms with Gasteiger partial charge in [0, 0.05) is 13.0 Å². The number of rotatable bonds is 6. The van der Waals surface area contributed by atoms with Gasteiger partial charge >= 0.3 is 5.97 Å². The molecule has 1 atom stereocenters. The summed E-state index contributed by atoms with van der Waals surface area (Å²) < 4.78 is 7.58. The van der Waals surface area contributed by atoms with E-state index < -0.39 is 5.97 Å². The van der Waals surface area contributed by atoms with Gasteiger partial charge in [0.1, 0.15) is 5.82 Å². The van der Waals surface area contributed by atoms with Crippen molar-refractivity contribution in [2.24, 2.45) is 0 Å². The molecule has 2 rings (SSSR count). The molecule has 19 heavy (non-hydrogen) atoms. The van der Waals surface area contributed by atoms with Gasteiger partial charge in [-0.05, 0) is 19.8 Å². The summed E-state index contributed by atoms with van der Waals surface area (Å²) in [5.41, 5.74) is -0.158. The normalized spacial score (nSPS) is 22.8. The molecule has 2 heterocycles. The third kappa shape index (κ3) is 3.09. The summed E-state index contributed by atoms with van der Waals surface area (Å²) in [5, 5.41) is 17.9. The molecule has 1 aromatic heterocycles. The number of aromatic nitrogens is 3.